The average Bonchev–Trinajstić information content (AvgIpc) is 2.46. The third kappa shape index (κ3) is 4.60. The standard InChI is InChI=1S/C17H20O3S/c1-12(2)20-15-8-9-17(16(18)10-15)21-11-13-4-6-14(19-3)7-5-13/h4-10,12,18H,11H2,1-3H3. The van der Waals surface area contributed by atoms with Gasteiger partial charge in [-0.05, 0) is 43.7 Å². The van der Waals surface area contributed by atoms with Gasteiger partial charge in [-0.1, -0.05) is 12.1 Å². The molecule has 0 aliphatic rings. The van der Waals surface area contributed by atoms with Crippen LogP contribution >= 0.6 is 11.8 Å². The lowest BCUT2D eigenvalue weighted by molar-refractivity contribution is 0.241. The predicted octanol–water partition coefficient (Wildman–Crippen LogP) is 4.48. The molecule has 0 amide bonds. The minimum absolute atomic E-state index is 0.0993. The molecule has 2 aromatic carbocycles. The van der Waals surface area contributed by atoms with Crippen LogP contribution in [0.15, 0.2) is 47.4 Å². The summed E-state index contributed by atoms with van der Waals surface area (Å²) in [6.45, 7) is 3.92. The van der Waals surface area contributed by atoms with Crippen molar-refractivity contribution in [2.45, 2.75) is 30.6 Å². The van der Waals surface area contributed by atoms with Crippen molar-refractivity contribution in [1.29, 1.82) is 0 Å². The Balaban J connectivity index is 1.99. The number of ether oxygens (including phenoxy) is 2. The van der Waals surface area contributed by atoms with Crippen molar-refractivity contribution < 1.29 is 14.6 Å². The Kier molecular flexibility index (Phi) is 5.39. The first kappa shape index (κ1) is 15.6. The topological polar surface area (TPSA) is 38.7 Å². The maximum Gasteiger partial charge on any atom is 0.132 e. The molecule has 0 saturated carbocycles. The molecule has 4 heteroatoms. The lowest BCUT2D eigenvalue weighted by atomic mass is 10.2. The molecule has 0 aromatic heterocycles. The molecular weight excluding hydrogens is 284 g/mol. The first-order valence-corrected chi connectivity index (χ1v) is 7.82. The van der Waals surface area contributed by atoms with E-state index in [0.29, 0.717) is 5.75 Å². The second kappa shape index (κ2) is 7.27. The molecule has 0 aliphatic carbocycles. The Hall–Kier alpha value is -1.81. The van der Waals surface area contributed by atoms with Crippen molar-refractivity contribution in [3.05, 3.63) is 48.0 Å². The summed E-state index contributed by atoms with van der Waals surface area (Å²) in [7, 11) is 1.66. The van der Waals surface area contributed by atoms with Crippen LogP contribution in [-0.4, -0.2) is 18.3 Å². The Morgan fingerprint density at radius 1 is 1.05 bits per heavy atom. The minimum atomic E-state index is 0.0993. The largest absolute Gasteiger partial charge is 0.507 e. The molecule has 3 nitrogen and oxygen atoms in total. The number of aromatic hydroxyl groups is 1. The molecule has 1 N–H and O–H groups in total. The zero-order chi connectivity index (χ0) is 15.2. The highest BCUT2D eigenvalue weighted by Gasteiger charge is 2.06. The number of benzene rings is 2. The predicted molar refractivity (Wildman–Crippen MR) is 86.4 cm³/mol. The lowest BCUT2D eigenvalue weighted by Crippen LogP contribution is -2.05. The van der Waals surface area contributed by atoms with Gasteiger partial charge in [0.2, 0.25) is 0 Å². The van der Waals surface area contributed by atoms with Gasteiger partial charge in [0, 0.05) is 16.7 Å². The number of phenols is 1. The Labute approximate surface area is 129 Å². The van der Waals surface area contributed by atoms with Crippen molar-refractivity contribution in [3.8, 4) is 17.2 Å². The molecule has 0 radical (unpaired) electrons. The molecule has 0 bridgehead atoms. The second-order valence-electron chi connectivity index (χ2n) is 4.93. The minimum Gasteiger partial charge on any atom is -0.507 e. The van der Waals surface area contributed by atoms with Crippen LogP contribution in [-0.2, 0) is 5.75 Å². The van der Waals surface area contributed by atoms with E-state index >= 15 is 0 Å². The molecule has 0 saturated heterocycles. The fourth-order valence-electron chi connectivity index (χ4n) is 1.85. The van der Waals surface area contributed by atoms with Gasteiger partial charge in [0.15, 0.2) is 0 Å². The molecule has 0 fully saturated rings. The number of methoxy groups -OCH3 is 1. The van der Waals surface area contributed by atoms with Crippen LogP contribution in [0.25, 0.3) is 0 Å². The van der Waals surface area contributed by atoms with E-state index in [2.05, 4.69) is 0 Å². The van der Waals surface area contributed by atoms with Crippen LogP contribution in [0.2, 0.25) is 0 Å². The summed E-state index contributed by atoms with van der Waals surface area (Å²) in [6, 6.07) is 13.4. The van der Waals surface area contributed by atoms with Crippen molar-refractivity contribution >= 4 is 11.8 Å². The first-order valence-electron chi connectivity index (χ1n) is 6.84. The van der Waals surface area contributed by atoms with Crippen LogP contribution in [0.3, 0.4) is 0 Å². The van der Waals surface area contributed by atoms with Gasteiger partial charge < -0.3 is 14.6 Å². The highest BCUT2D eigenvalue weighted by atomic mass is 32.2. The monoisotopic (exact) mass is 304 g/mol. The number of thioether (sulfide) groups is 1. The van der Waals surface area contributed by atoms with Gasteiger partial charge in [-0.2, -0.15) is 0 Å². The summed E-state index contributed by atoms with van der Waals surface area (Å²) >= 11 is 1.59. The summed E-state index contributed by atoms with van der Waals surface area (Å²) in [5.74, 6) is 2.59. The van der Waals surface area contributed by atoms with Crippen molar-refractivity contribution in [2.24, 2.45) is 0 Å². The van der Waals surface area contributed by atoms with Crippen LogP contribution in [0.4, 0.5) is 0 Å². The molecule has 112 valence electrons. The Morgan fingerprint density at radius 2 is 1.71 bits per heavy atom. The second-order valence-corrected chi connectivity index (χ2v) is 5.95. The number of rotatable bonds is 6. The molecule has 0 spiro atoms. The summed E-state index contributed by atoms with van der Waals surface area (Å²) < 4.78 is 10.7. The van der Waals surface area contributed by atoms with Crippen molar-refractivity contribution in [1.82, 2.24) is 0 Å². The smallest absolute Gasteiger partial charge is 0.132 e. The van der Waals surface area contributed by atoms with Crippen LogP contribution < -0.4 is 9.47 Å². The highest BCUT2D eigenvalue weighted by Crippen LogP contribution is 2.34. The van der Waals surface area contributed by atoms with Crippen LogP contribution in [0.5, 0.6) is 17.2 Å². The van der Waals surface area contributed by atoms with Gasteiger partial charge in [0.25, 0.3) is 0 Å². The van der Waals surface area contributed by atoms with Gasteiger partial charge >= 0.3 is 0 Å². The normalized spacial score (nSPS) is 10.7. The SMILES string of the molecule is COc1ccc(CSc2ccc(OC(C)C)cc2O)cc1. The fourth-order valence-corrected chi connectivity index (χ4v) is 2.73. The third-order valence-corrected chi connectivity index (χ3v) is 3.99. The Morgan fingerprint density at radius 3 is 2.29 bits per heavy atom. The van der Waals surface area contributed by atoms with Gasteiger partial charge in [-0.15, -0.1) is 11.8 Å². The molecule has 2 rings (SSSR count). The average molecular weight is 304 g/mol. The first-order chi connectivity index (χ1) is 10.1. The van der Waals surface area contributed by atoms with E-state index in [0.717, 1.165) is 16.4 Å². The number of hydrogen-bond acceptors (Lipinski definition) is 4. The summed E-state index contributed by atoms with van der Waals surface area (Å²) in [6.07, 6.45) is 0.0993. The zero-order valence-corrected chi connectivity index (χ0v) is 13.3. The van der Waals surface area contributed by atoms with E-state index in [9.17, 15) is 5.11 Å². The van der Waals surface area contributed by atoms with E-state index < -0.39 is 0 Å². The van der Waals surface area contributed by atoms with Gasteiger partial charge in [-0.25, -0.2) is 0 Å². The van der Waals surface area contributed by atoms with Gasteiger partial charge in [0.05, 0.1) is 13.2 Å². The third-order valence-electron chi connectivity index (χ3n) is 2.86. The van der Waals surface area contributed by atoms with Crippen LogP contribution in [0, 0.1) is 0 Å². The molecule has 0 unspecified atom stereocenters. The Bertz CT molecular complexity index is 579. The van der Waals surface area contributed by atoms with E-state index in [1.54, 1.807) is 24.9 Å². The maximum absolute atomic E-state index is 10.0. The lowest BCUT2D eigenvalue weighted by Gasteiger charge is -2.11. The molecule has 0 atom stereocenters. The molecule has 0 heterocycles. The summed E-state index contributed by atoms with van der Waals surface area (Å²) in [5.41, 5.74) is 1.18. The summed E-state index contributed by atoms with van der Waals surface area (Å²) in [4.78, 5) is 0.849. The fraction of sp³-hybridized carbons (Fsp3) is 0.294. The van der Waals surface area contributed by atoms with Crippen molar-refractivity contribution in [2.75, 3.05) is 7.11 Å². The van der Waals surface area contributed by atoms with Gasteiger partial charge in [0.1, 0.15) is 17.2 Å². The highest BCUT2D eigenvalue weighted by molar-refractivity contribution is 7.98. The molecule has 2 aromatic rings. The maximum atomic E-state index is 10.0. The van der Waals surface area contributed by atoms with E-state index in [1.165, 1.54) is 5.56 Å². The van der Waals surface area contributed by atoms with E-state index in [4.69, 9.17) is 9.47 Å². The van der Waals surface area contributed by atoms with Crippen LogP contribution in [0.1, 0.15) is 19.4 Å². The number of hydrogen-bond donors (Lipinski definition) is 1. The van der Waals surface area contributed by atoms with E-state index in [-0.39, 0.29) is 11.9 Å². The van der Waals surface area contributed by atoms with Crippen molar-refractivity contribution in [3.63, 3.8) is 0 Å². The van der Waals surface area contributed by atoms with Gasteiger partial charge in [-0.3, -0.25) is 0 Å². The molecule has 0 aliphatic heterocycles. The molecule has 21 heavy (non-hydrogen) atoms. The quantitative estimate of drug-likeness (QED) is 0.799. The van der Waals surface area contributed by atoms with E-state index in [1.807, 2.05) is 50.2 Å². The zero-order valence-electron chi connectivity index (χ0n) is 12.5. The number of phenolic OH excluding ortho intramolecular Hbond substituents is 1. The summed E-state index contributed by atoms with van der Waals surface area (Å²) in [5, 5.41) is 10.0. The molecular formula is C17H20O3S.